The van der Waals surface area contributed by atoms with Gasteiger partial charge >= 0.3 is 0 Å². The molecule has 3 nitrogen and oxygen atoms in total. The average Bonchev–Trinajstić information content (AvgIpc) is 2.59. The highest BCUT2D eigenvalue weighted by Crippen LogP contribution is 2.23. The van der Waals surface area contributed by atoms with E-state index in [2.05, 4.69) is 50.4 Å². The van der Waals surface area contributed by atoms with Gasteiger partial charge in [-0.2, -0.15) is 0 Å². The molecular weight excluding hydrogens is 286 g/mol. The van der Waals surface area contributed by atoms with Crippen molar-refractivity contribution in [2.75, 3.05) is 7.11 Å². The van der Waals surface area contributed by atoms with E-state index in [4.69, 9.17) is 4.74 Å². The summed E-state index contributed by atoms with van der Waals surface area (Å²) < 4.78 is 5.19. The molecule has 0 saturated heterocycles. The van der Waals surface area contributed by atoms with Crippen molar-refractivity contribution in [3.05, 3.63) is 65.2 Å². The summed E-state index contributed by atoms with van der Waals surface area (Å²) in [5.41, 5.74) is 3.05. The second-order valence-electron chi connectivity index (χ2n) is 6.02. The first-order chi connectivity index (χ1) is 11.0. The smallest absolute Gasteiger partial charge is 0.251 e. The SMILES string of the molecule is CCc1ccc([C@@H](NC(=O)c2cccc(OC)c2)C(C)C)cc1. The number of amides is 1. The van der Waals surface area contributed by atoms with Crippen LogP contribution in [0.2, 0.25) is 0 Å². The van der Waals surface area contributed by atoms with Gasteiger partial charge in [0, 0.05) is 5.56 Å². The van der Waals surface area contributed by atoms with Crippen molar-refractivity contribution in [2.24, 2.45) is 5.92 Å². The Morgan fingerprint density at radius 3 is 2.39 bits per heavy atom. The first-order valence-corrected chi connectivity index (χ1v) is 8.09. The summed E-state index contributed by atoms with van der Waals surface area (Å²) >= 11 is 0. The second kappa shape index (κ2) is 7.82. The number of carbonyl (C=O) groups excluding carboxylic acids is 1. The monoisotopic (exact) mass is 311 g/mol. The van der Waals surface area contributed by atoms with Gasteiger partial charge in [0.2, 0.25) is 0 Å². The molecule has 2 aromatic rings. The van der Waals surface area contributed by atoms with Crippen LogP contribution in [0.5, 0.6) is 5.75 Å². The zero-order chi connectivity index (χ0) is 16.8. The maximum absolute atomic E-state index is 12.6. The number of aryl methyl sites for hydroxylation is 1. The molecule has 0 aliphatic heterocycles. The molecule has 0 aromatic heterocycles. The molecule has 0 bridgehead atoms. The van der Waals surface area contributed by atoms with Crippen LogP contribution in [0.25, 0.3) is 0 Å². The fourth-order valence-corrected chi connectivity index (χ4v) is 2.58. The maximum Gasteiger partial charge on any atom is 0.251 e. The molecule has 0 fully saturated rings. The van der Waals surface area contributed by atoms with Gasteiger partial charge in [-0.15, -0.1) is 0 Å². The molecule has 0 unspecified atom stereocenters. The number of benzene rings is 2. The van der Waals surface area contributed by atoms with Crippen molar-refractivity contribution >= 4 is 5.91 Å². The van der Waals surface area contributed by atoms with Crippen molar-refractivity contribution in [1.82, 2.24) is 5.32 Å². The van der Waals surface area contributed by atoms with Gasteiger partial charge in [-0.3, -0.25) is 4.79 Å². The molecule has 2 aromatic carbocycles. The average molecular weight is 311 g/mol. The summed E-state index contributed by atoms with van der Waals surface area (Å²) in [5, 5.41) is 3.14. The summed E-state index contributed by atoms with van der Waals surface area (Å²) in [6.07, 6.45) is 1.02. The Morgan fingerprint density at radius 2 is 1.83 bits per heavy atom. The molecule has 1 atom stereocenters. The normalized spacial score (nSPS) is 12.0. The largest absolute Gasteiger partial charge is 0.497 e. The highest BCUT2D eigenvalue weighted by molar-refractivity contribution is 5.94. The number of ether oxygens (including phenoxy) is 1. The minimum absolute atomic E-state index is 0.0143. The van der Waals surface area contributed by atoms with Crippen molar-refractivity contribution in [3.8, 4) is 5.75 Å². The van der Waals surface area contributed by atoms with Crippen LogP contribution in [0.1, 0.15) is 48.3 Å². The van der Waals surface area contributed by atoms with Crippen molar-refractivity contribution < 1.29 is 9.53 Å². The predicted octanol–water partition coefficient (Wildman–Crippen LogP) is 4.38. The van der Waals surface area contributed by atoms with E-state index < -0.39 is 0 Å². The number of nitrogens with one attached hydrogen (secondary N) is 1. The standard InChI is InChI=1S/C20H25NO2/c1-5-15-9-11-16(12-10-15)19(14(2)3)21-20(22)17-7-6-8-18(13-17)23-4/h6-14,19H,5H2,1-4H3,(H,21,22)/t19-/m0/s1. The molecule has 0 saturated carbocycles. The van der Waals surface area contributed by atoms with Gasteiger partial charge in [0.1, 0.15) is 5.75 Å². The number of hydrogen-bond acceptors (Lipinski definition) is 2. The van der Waals surface area contributed by atoms with E-state index in [1.807, 2.05) is 12.1 Å². The van der Waals surface area contributed by atoms with Crippen LogP contribution in [0.3, 0.4) is 0 Å². The maximum atomic E-state index is 12.6. The first kappa shape index (κ1) is 17.1. The van der Waals surface area contributed by atoms with Crippen LogP contribution in [0.15, 0.2) is 48.5 Å². The molecule has 0 spiro atoms. The Kier molecular flexibility index (Phi) is 5.80. The van der Waals surface area contributed by atoms with E-state index in [0.29, 0.717) is 17.2 Å². The highest BCUT2D eigenvalue weighted by Gasteiger charge is 2.19. The molecule has 0 heterocycles. The van der Waals surface area contributed by atoms with E-state index in [1.54, 1.807) is 19.2 Å². The van der Waals surface area contributed by atoms with Crippen molar-refractivity contribution in [2.45, 2.75) is 33.2 Å². The number of methoxy groups -OCH3 is 1. The van der Waals surface area contributed by atoms with Crippen molar-refractivity contribution in [1.29, 1.82) is 0 Å². The summed E-state index contributed by atoms with van der Waals surface area (Å²) in [6, 6.07) is 15.7. The van der Waals surface area contributed by atoms with Crippen LogP contribution in [-0.2, 0) is 6.42 Å². The molecule has 0 aliphatic rings. The van der Waals surface area contributed by atoms with Gasteiger partial charge in [0.05, 0.1) is 13.2 Å². The lowest BCUT2D eigenvalue weighted by atomic mass is 9.94. The van der Waals surface area contributed by atoms with Crippen LogP contribution < -0.4 is 10.1 Å². The number of hydrogen-bond donors (Lipinski definition) is 1. The Hall–Kier alpha value is -2.29. The quantitative estimate of drug-likeness (QED) is 0.859. The summed E-state index contributed by atoms with van der Waals surface area (Å²) in [7, 11) is 1.60. The lowest BCUT2D eigenvalue weighted by Crippen LogP contribution is -2.31. The lowest BCUT2D eigenvalue weighted by molar-refractivity contribution is 0.0925. The van der Waals surface area contributed by atoms with Gasteiger partial charge in [0.25, 0.3) is 5.91 Å². The van der Waals surface area contributed by atoms with E-state index in [-0.39, 0.29) is 11.9 Å². The van der Waals surface area contributed by atoms with E-state index in [0.717, 1.165) is 12.0 Å². The Balaban J connectivity index is 2.19. The summed E-state index contributed by atoms with van der Waals surface area (Å²) in [4.78, 5) is 12.6. The minimum Gasteiger partial charge on any atom is -0.497 e. The predicted molar refractivity (Wildman–Crippen MR) is 93.9 cm³/mol. The zero-order valence-electron chi connectivity index (χ0n) is 14.3. The van der Waals surface area contributed by atoms with Crippen LogP contribution in [0, 0.1) is 5.92 Å². The molecule has 2 rings (SSSR count). The molecule has 1 N–H and O–H groups in total. The molecule has 122 valence electrons. The van der Waals surface area contributed by atoms with E-state index in [9.17, 15) is 4.79 Å². The van der Waals surface area contributed by atoms with Gasteiger partial charge in [-0.05, 0) is 41.7 Å². The summed E-state index contributed by atoms with van der Waals surface area (Å²) in [6.45, 7) is 6.37. The fraction of sp³-hybridized carbons (Fsp3) is 0.350. The molecule has 3 heteroatoms. The lowest BCUT2D eigenvalue weighted by Gasteiger charge is -2.23. The van der Waals surface area contributed by atoms with Gasteiger partial charge in [-0.1, -0.05) is 51.1 Å². The third-order valence-corrected chi connectivity index (χ3v) is 4.03. The molecular formula is C20H25NO2. The van der Waals surface area contributed by atoms with Crippen LogP contribution >= 0.6 is 0 Å². The zero-order valence-corrected chi connectivity index (χ0v) is 14.3. The van der Waals surface area contributed by atoms with Gasteiger partial charge < -0.3 is 10.1 Å². The Labute approximate surface area is 138 Å². The molecule has 0 radical (unpaired) electrons. The third-order valence-electron chi connectivity index (χ3n) is 4.03. The first-order valence-electron chi connectivity index (χ1n) is 8.09. The van der Waals surface area contributed by atoms with E-state index in [1.165, 1.54) is 5.56 Å². The van der Waals surface area contributed by atoms with Gasteiger partial charge in [0.15, 0.2) is 0 Å². The van der Waals surface area contributed by atoms with Crippen molar-refractivity contribution in [3.63, 3.8) is 0 Å². The Morgan fingerprint density at radius 1 is 1.13 bits per heavy atom. The molecule has 0 aliphatic carbocycles. The van der Waals surface area contributed by atoms with Gasteiger partial charge in [-0.25, -0.2) is 0 Å². The topological polar surface area (TPSA) is 38.3 Å². The molecule has 23 heavy (non-hydrogen) atoms. The fourth-order valence-electron chi connectivity index (χ4n) is 2.58. The minimum atomic E-state index is -0.0813. The van der Waals surface area contributed by atoms with Crippen LogP contribution in [-0.4, -0.2) is 13.0 Å². The summed E-state index contributed by atoms with van der Waals surface area (Å²) in [5.74, 6) is 0.908. The Bertz CT molecular complexity index is 647. The second-order valence-corrected chi connectivity index (χ2v) is 6.02. The van der Waals surface area contributed by atoms with E-state index >= 15 is 0 Å². The highest BCUT2D eigenvalue weighted by atomic mass is 16.5. The molecule has 1 amide bonds. The number of carbonyl (C=O) groups is 1. The van der Waals surface area contributed by atoms with Crippen LogP contribution in [0.4, 0.5) is 0 Å². The third kappa shape index (κ3) is 4.35. The number of rotatable bonds is 6.